The maximum absolute atomic E-state index is 13.2. The van der Waals surface area contributed by atoms with E-state index in [-0.39, 0.29) is 19.6 Å². The van der Waals surface area contributed by atoms with E-state index in [1.165, 1.54) is 0 Å². The van der Waals surface area contributed by atoms with Crippen molar-refractivity contribution in [2.24, 2.45) is 0 Å². The first-order valence-electron chi connectivity index (χ1n) is 5.17. The topological polar surface area (TPSA) is 51.2 Å². The molecule has 98 valence electrons. The zero-order chi connectivity index (χ0) is 13.8. The minimum atomic E-state index is -3.97. The van der Waals surface area contributed by atoms with Gasteiger partial charge < -0.3 is 0 Å². The summed E-state index contributed by atoms with van der Waals surface area (Å²) in [5.41, 5.74) is 0. The van der Waals surface area contributed by atoms with E-state index in [4.69, 9.17) is 0 Å². The van der Waals surface area contributed by atoms with Gasteiger partial charge in [-0.05, 0) is 36.4 Å². The molecule has 0 bridgehead atoms. The maximum atomic E-state index is 13.2. The number of halogens is 2. The predicted molar refractivity (Wildman–Crippen MR) is 62.9 cm³/mol. The van der Waals surface area contributed by atoms with Gasteiger partial charge >= 0.3 is 0 Å². The summed E-state index contributed by atoms with van der Waals surface area (Å²) in [5.74, 6) is -1.40. The van der Waals surface area contributed by atoms with E-state index >= 15 is 0 Å². The Hall–Kier alpha value is -1.60. The molecule has 7 heteroatoms. The Morgan fingerprint density at radius 1 is 0.842 bits per heavy atom. The van der Waals surface area contributed by atoms with Gasteiger partial charge in [-0.3, -0.25) is 0 Å². The molecule has 3 rings (SSSR count). The largest absolute Gasteiger partial charge is 0.249 e. The minimum absolute atomic E-state index is 0.0282. The fourth-order valence-electron chi connectivity index (χ4n) is 1.93. The van der Waals surface area contributed by atoms with Crippen LogP contribution in [0.5, 0.6) is 0 Å². The number of benzene rings is 2. The van der Waals surface area contributed by atoms with Gasteiger partial charge in [0.2, 0.25) is 9.84 Å². The Bertz CT molecular complexity index is 829. The van der Waals surface area contributed by atoms with E-state index in [9.17, 15) is 21.4 Å². The fraction of sp³-hybridized carbons (Fsp3) is 0. The smallest absolute Gasteiger partial charge is 0.209 e. The van der Waals surface area contributed by atoms with E-state index in [2.05, 4.69) is 0 Å². The van der Waals surface area contributed by atoms with E-state index in [1.807, 2.05) is 0 Å². The van der Waals surface area contributed by atoms with E-state index in [0.717, 1.165) is 36.4 Å². The van der Waals surface area contributed by atoms with Gasteiger partial charge in [-0.25, -0.2) is 21.4 Å². The average molecular weight is 300 g/mol. The number of rotatable bonds is 0. The molecule has 0 radical (unpaired) electrons. The summed E-state index contributed by atoms with van der Waals surface area (Å²) in [6.45, 7) is 0. The minimum Gasteiger partial charge on any atom is -0.249 e. The third kappa shape index (κ3) is 1.73. The number of hydrogen-bond acceptors (Lipinski definition) is 3. The summed E-state index contributed by atoms with van der Waals surface area (Å²) in [6, 6.07) is 5.94. The van der Waals surface area contributed by atoms with Gasteiger partial charge in [0, 0.05) is 0 Å². The second kappa shape index (κ2) is 3.94. The normalized spacial score (nSPS) is 19.6. The number of fused-ring (bicyclic) bond motifs is 2. The fourth-order valence-corrected chi connectivity index (χ4v) is 5.59. The first-order chi connectivity index (χ1) is 8.91. The zero-order valence-corrected chi connectivity index (χ0v) is 10.9. The molecule has 0 saturated heterocycles. The molecule has 1 unspecified atom stereocenters. The molecule has 2 aromatic rings. The van der Waals surface area contributed by atoms with Crippen molar-refractivity contribution in [1.29, 1.82) is 0 Å². The molecule has 0 aromatic heterocycles. The average Bonchev–Trinajstić information content (AvgIpc) is 2.36. The van der Waals surface area contributed by atoms with Gasteiger partial charge in [-0.15, -0.1) is 0 Å². The molecule has 0 aliphatic carbocycles. The van der Waals surface area contributed by atoms with Crippen molar-refractivity contribution in [2.75, 3.05) is 0 Å². The molecular weight excluding hydrogens is 294 g/mol. The quantitative estimate of drug-likeness (QED) is 0.599. The lowest BCUT2D eigenvalue weighted by Gasteiger charge is -2.18. The molecule has 0 spiro atoms. The number of sulfone groups is 1. The molecule has 0 N–H and O–H groups in total. The summed E-state index contributed by atoms with van der Waals surface area (Å²) >= 11 is 0. The molecular formula is C12H6F2O3S2. The lowest BCUT2D eigenvalue weighted by molar-refractivity contribution is 0.578. The molecule has 1 atom stereocenters. The monoisotopic (exact) mass is 300 g/mol. The predicted octanol–water partition coefficient (Wildman–Crippen LogP) is 2.28. The highest BCUT2D eigenvalue weighted by Gasteiger charge is 2.34. The highest BCUT2D eigenvalue weighted by atomic mass is 32.2. The first kappa shape index (κ1) is 12.4. The van der Waals surface area contributed by atoms with E-state index < -0.39 is 32.3 Å². The van der Waals surface area contributed by atoms with Gasteiger partial charge in [0.25, 0.3) is 0 Å². The molecule has 2 aromatic carbocycles. The van der Waals surface area contributed by atoms with E-state index in [1.54, 1.807) is 0 Å². The standard InChI is InChI=1S/C12H6F2O3S2/c13-7-2-4-11-10(5-7)18(15)9-3-1-8(14)6-12(9)19(11,16)17/h1-6H. The van der Waals surface area contributed by atoms with E-state index in [0.29, 0.717) is 0 Å². The van der Waals surface area contributed by atoms with Crippen molar-refractivity contribution in [1.82, 2.24) is 0 Å². The van der Waals surface area contributed by atoms with Gasteiger partial charge in [-0.2, -0.15) is 0 Å². The summed E-state index contributed by atoms with van der Waals surface area (Å²) in [4.78, 5) is -0.714. The highest BCUT2D eigenvalue weighted by molar-refractivity contribution is 7.95. The van der Waals surface area contributed by atoms with Crippen molar-refractivity contribution in [3.63, 3.8) is 0 Å². The van der Waals surface area contributed by atoms with Gasteiger partial charge in [0.05, 0.1) is 30.4 Å². The Balaban J connectivity index is 2.43. The van der Waals surface area contributed by atoms with Crippen LogP contribution in [0.2, 0.25) is 0 Å². The SMILES string of the molecule is O=S1c2cc(F)ccc2S(=O)(=O)c2cc(F)ccc21. The lowest BCUT2D eigenvalue weighted by atomic mass is 10.3. The molecule has 0 amide bonds. The van der Waals surface area contributed by atoms with Crippen LogP contribution in [0.15, 0.2) is 56.0 Å². The Morgan fingerprint density at radius 3 is 2.21 bits per heavy atom. The van der Waals surface area contributed by atoms with Crippen LogP contribution in [0.3, 0.4) is 0 Å². The van der Waals surface area contributed by atoms with Crippen LogP contribution in [0.25, 0.3) is 0 Å². The zero-order valence-electron chi connectivity index (χ0n) is 9.26. The lowest BCUT2D eigenvalue weighted by Crippen LogP contribution is -2.16. The van der Waals surface area contributed by atoms with Crippen LogP contribution in [-0.2, 0) is 20.6 Å². The third-order valence-electron chi connectivity index (χ3n) is 2.79. The second-order valence-corrected chi connectivity index (χ2v) is 7.26. The summed E-state index contributed by atoms with van der Waals surface area (Å²) in [6.07, 6.45) is 0. The summed E-state index contributed by atoms with van der Waals surface area (Å²) in [5, 5.41) is 0. The molecule has 0 saturated carbocycles. The van der Waals surface area contributed by atoms with Crippen molar-refractivity contribution in [3.05, 3.63) is 48.0 Å². The molecule has 1 aliphatic rings. The molecule has 1 aliphatic heterocycles. The first-order valence-corrected chi connectivity index (χ1v) is 7.80. The van der Waals surface area contributed by atoms with Crippen LogP contribution in [0, 0.1) is 11.6 Å². The van der Waals surface area contributed by atoms with Crippen molar-refractivity contribution in [3.8, 4) is 0 Å². The Morgan fingerprint density at radius 2 is 1.47 bits per heavy atom. The van der Waals surface area contributed by atoms with Crippen molar-refractivity contribution < 1.29 is 21.4 Å². The van der Waals surface area contributed by atoms with Gasteiger partial charge in [0.1, 0.15) is 11.6 Å². The summed E-state index contributed by atoms with van der Waals surface area (Å²) < 4.78 is 63.1. The Kier molecular flexibility index (Phi) is 2.58. The molecule has 0 fully saturated rings. The third-order valence-corrected chi connectivity index (χ3v) is 6.39. The molecule has 19 heavy (non-hydrogen) atoms. The molecule has 3 nitrogen and oxygen atoms in total. The van der Waals surface area contributed by atoms with Crippen LogP contribution in [0.4, 0.5) is 8.78 Å². The second-order valence-electron chi connectivity index (χ2n) is 3.95. The van der Waals surface area contributed by atoms with Gasteiger partial charge in [0.15, 0.2) is 0 Å². The van der Waals surface area contributed by atoms with Crippen LogP contribution < -0.4 is 0 Å². The summed E-state index contributed by atoms with van der Waals surface area (Å²) in [7, 11) is -5.81. The van der Waals surface area contributed by atoms with Crippen LogP contribution in [-0.4, -0.2) is 12.6 Å². The molecule has 1 heterocycles. The van der Waals surface area contributed by atoms with Crippen LogP contribution >= 0.6 is 0 Å². The van der Waals surface area contributed by atoms with Gasteiger partial charge in [-0.1, -0.05) is 0 Å². The highest BCUT2D eigenvalue weighted by Crippen LogP contribution is 2.38. The van der Waals surface area contributed by atoms with Crippen molar-refractivity contribution >= 4 is 20.6 Å². The van der Waals surface area contributed by atoms with Crippen LogP contribution in [0.1, 0.15) is 0 Å². The Labute approximate surface area is 110 Å². The maximum Gasteiger partial charge on any atom is 0.209 e. The number of hydrogen-bond donors (Lipinski definition) is 0. The van der Waals surface area contributed by atoms with Crippen molar-refractivity contribution in [2.45, 2.75) is 19.6 Å².